The number of anilines is 2. The molecule has 0 bridgehead atoms. The third-order valence-electron chi connectivity index (χ3n) is 4.52. The van der Waals surface area contributed by atoms with Crippen LogP contribution in [0.4, 0.5) is 11.4 Å². The Morgan fingerprint density at radius 1 is 0.381 bits per heavy atom. The molecule has 4 aromatic carbocycles. The fraction of sp³-hybridized carbons (Fsp3) is 0.0769. The number of hydrogen-bond donors (Lipinski definition) is 2. The maximum absolute atomic E-state index is 5.64. The van der Waals surface area contributed by atoms with E-state index >= 15 is 0 Å². The van der Waals surface area contributed by atoms with Gasteiger partial charge in [0, 0.05) is 110 Å². The van der Waals surface area contributed by atoms with Crippen LogP contribution in [0.25, 0.3) is 0 Å². The van der Waals surface area contributed by atoms with Crippen LogP contribution in [-0.4, -0.2) is 0 Å². The maximum Gasteiger partial charge on any atom is 0.0314 e. The fourth-order valence-corrected chi connectivity index (χ4v) is 30.0. The molecule has 1 aliphatic rings. The summed E-state index contributed by atoms with van der Waals surface area (Å²) in [7, 11) is 23.5. The molecule has 0 saturated carbocycles. The highest BCUT2D eigenvalue weighted by molar-refractivity contribution is 9.60. The van der Waals surface area contributed by atoms with E-state index in [2.05, 4.69) is 62.4 Å². The van der Waals surface area contributed by atoms with Gasteiger partial charge in [-0.3, -0.25) is 0 Å². The Kier molecular flexibility index (Phi) is 23.2. The van der Waals surface area contributed by atoms with Crippen LogP contribution in [0.15, 0.2) is 117 Å². The Morgan fingerprint density at radius 3 is 0.905 bits per heavy atom. The van der Waals surface area contributed by atoms with Gasteiger partial charge in [-0.2, -0.15) is 9.90 Å². The first-order chi connectivity index (χ1) is 20.0. The van der Waals surface area contributed by atoms with Crippen molar-refractivity contribution < 1.29 is 0 Å². The largest absolute Gasteiger partial charge is 0.399 e. The van der Waals surface area contributed by atoms with Crippen molar-refractivity contribution in [1.29, 1.82) is 0 Å². The number of aryl methyl sites for hydroxylation is 2. The number of nitrogens with two attached hydrogens (primary N) is 2. The lowest BCUT2D eigenvalue weighted by molar-refractivity contribution is 1.38. The van der Waals surface area contributed by atoms with E-state index in [1.165, 1.54) is 30.7 Å². The fourth-order valence-electron chi connectivity index (χ4n) is 2.52. The van der Waals surface area contributed by atoms with Crippen molar-refractivity contribution in [3.05, 3.63) is 108 Å². The molecule has 1 atom stereocenters. The van der Waals surface area contributed by atoms with Gasteiger partial charge < -0.3 is 11.5 Å². The Bertz CT molecular complexity index is 1130. The number of rotatable bonds is 7. The molecule has 4 N–H and O–H groups in total. The molecule has 0 spiro atoms. The van der Waals surface area contributed by atoms with Crippen molar-refractivity contribution in [2.24, 2.45) is 0 Å². The van der Waals surface area contributed by atoms with Gasteiger partial charge >= 0.3 is 0 Å². The highest BCUT2D eigenvalue weighted by Crippen LogP contribution is 2.65. The zero-order valence-electron chi connectivity index (χ0n) is 22.4. The predicted octanol–water partition coefficient (Wildman–Crippen LogP) is 14.6. The second-order valence-corrected chi connectivity index (χ2v) is 28.2. The van der Waals surface area contributed by atoms with Gasteiger partial charge in [0.25, 0.3) is 0 Å². The van der Waals surface area contributed by atoms with Crippen LogP contribution in [0.5, 0.6) is 0 Å². The summed E-state index contributed by atoms with van der Waals surface area (Å²) in [6.07, 6.45) is 0. The number of nitrogen functional groups attached to an aromatic ring is 2. The predicted molar refractivity (Wildman–Crippen MR) is 227 cm³/mol. The first-order valence-corrected chi connectivity index (χ1v) is 27.8. The first-order valence-electron chi connectivity index (χ1n) is 11.5. The molecule has 1 unspecified atom stereocenters. The highest BCUT2D eigenvalue weighted by Gasteiger charge is 2.01. The summed E-state index contributed by atoms with van der Waals surface area (Å²) in [6, 6.07) is 33.0. The van der Waals surface area contributed by atoms with Crippen LogP contribution < -0.4 is 11.5 Å². The molecule has 4 aromatic rings. The molecule has 226 valence electrons. The van der Waals surface area contributed by atoms with E-state index in [1.807, 2.05) is 127 Å². The molecular weight excluding hydrogens is 788 g/mol. The molecule has 1 fully saturated rings. The van der Waals surface area contributed by atoms with Crippen molar-refractivity contribution in [2.45, 2.75) is 33.4 Å². The van der Waals surface area contributed by atoms with Gasteiger partial charge in [-0.15, -0.1) is 0 Å². The SMILES string of the molecule is Cc1ccc(SSSc2ccc(N)cc2)cc1.Cc1ccc(SSc2ccc(N)cc2)cc1.P.S1SSSSSSS1. The molecule has 1 heterocycles. The average Bonchev–Trinajstić information content (AvgIpc) is 2.96. The van der Waals surface area contributed by atoms with Crippen LogP contribution >= 0.6 is 142 Å². The molecule has 2 nitrogen and oxygen atoms in total. The van der Waals surface area contributed by atoms with Gasteiger partial charge in [0.05, 0.1) is 0 Å². The highest BCUT2D eigenvalue weighted by atomic mass is 34.1. The lowest BCUT2D eigenvalue weighted by atomic mass is 10.2. The topological polar surface area (TPSA) is 52.0 Å². The van der Waals surface area contributed by atoms with Gasteiger partial charge in [0.2, 0.25) is 0 Å². The molecule has 0 aromatic heterocycles. The van der Waals surface area contributed by atoms with Crippen LogP contribution in [0.2, 0.25) is 0 Å². The maximum atomic E-state index is 5.64. The zero-order chi connectivity index (χ0) is 29.1. The molecule has 0 radical (unpaired) electrons. The van der Waals surface area contributed by atoms with E-state index < -0.39 is 0 Å². The van der Waals surface area contributed by atoms with Gasteiger partial charge in [-0.1, -0.05) is 57.0 Å². The van der Waals surface area contributed by atoms with Crippen molar-refractivity contribution in [2.75, 3.05) is 11.5 Å². The standard InChI is InChI=1S/C13H13NS3.C13H13NS2.H3P.S8/c1-10-2-6-12(7-3-10)15-17-16-13-8-4-11(14)5-9-13;1-10-2-6-12(7-3-10)15-16-13-8-4-11(14)5-9-13;;1-2-4-6-8-7-5-3-1/h2-9H,14H2,1H3;2-9H,14H2,1H3;1H3;. The van der Waals surface area contributed by atoms with Crippen LogP contribution in [0.1, 0.15) is 11.1 Å². The third kappa shape index (κ3) is 18.6. The van der Waals surface area contributed by atoms with Gasteiger partial charge in [-0.05, 0) is 118 Å². The monoisotopic (exact) mass is 816 g/mol. The van der Waals surface area contributed by atoms with E-state index in [1.54, 1.807) is 53.0 Å². The van der Waals surface area contributed by atoms with Crippen molar-refractivity contribution in [3.8, 4) is 0 Å². The van der Waals surface area contributed by atoms with Gasteiger partial charge in [0.15, 0.2) is 0 Å². The minimum absolute atomic E-state index is 0. The summed E-state index contributed by atoms with van der Waals surface area (Å²) < 4.78 is 0. The summed E-state index contributed by atoms with van der Waals surface area (Å²) in [5.41, 5.74) is 15.5. The zero-order valence-corrected chi connectivity index (χ0v) is 34.4. The Morgan fingerprint density at radius 2 is 0.619 bits per heavy atom. The summed E-state index contributed by atoms with van der Waals surface area (Å²) in [4.78, 5) is 5.00. The summed E-state index contributed by atoms with van der Waals surface area (Å²) in [5.74, 6) is 0. The molecule has 1 saturated heterocycles. The summed E-state index contributed by atoms with van der Waals surface area (Å²) in [5, 5.41) is 0. The van der Waals surface area contributed by atoms with E-state index in [0.29, 0.717) is 0 Å². The van der Waals surface area contributed by atoms with E-state index in [0.717, 1.165) is 11.4 Å². The third-order valence-corrected chi connectivity index (χ3v) is 28.6. The number of hydrogen-bond acceptors (Lipinski definition) is 15. The van der Waals surface area contributed by atoms with Gasteiger partial charge in [0.1, 0.15) is 0 Å². The minimum Gasteiger partial charge on any atom is -0.399 e. The van der Waals surface area contributed by atoms with E-state index in [-0.39, 0.29) is 9.90 Å². The average molecular weight is 817 g/mol. The minimum atomic E-state index is 0. The second-order valence-electron chi connectivity index (χ2n) is 7.71. The lowest BCUT2D eigenvalue weighted by Crippen LogP contribution is -1.81. The normalized spacial score (nSPS) is 12.7. The molecule has 1 aliphatic heterocycles. The molecule has 0 amide bonds. The van der Waals surface area contributed by atoms with Gasteiger partial charge in [-0.25, -0.2) is 0 Å². The van der Waals surface area contributed by atoms with Crippen molar-refractivity contribution >= 4 is 153 Å². The van der Waals surface area contributed by atoms with E-state index in [4.69, 9.17) is 11.5 Å². The van der Waals surface area contributed by atoms with Crippen LogP contribution in [0, 0.1) is 13.8 Å². The van der Waals surface area contributed by atoms with Crippen molar-refractivity contribution in [3.63, 3.8) is 0 Å². The molecular formula is C26H29N2PS13. The second kappa shape index (κ2) is 24.6. The molecule has 5 rings (SSSR count). The summed E-state index contributed by atoms with van der Waals surface area (Å²) in [6.45, 7) is 4.20. The quantitative estimate of drug-likeness (QED) is 0.106. The van der Waals surface area contributed by atoms with Crippen LogP contribution in [0.3, 0.4) is 0 Å². The number of benzene rings is 4. The van der Waals surface area contributed by atoms with E-state index in [9.17, 15) is 0 Å². The lowest BCUT2D eigenvalue weighted by Gasteiger charge is -2.02. The van der Waals surface area contributed by atoms with Crippen LogP contribution in [-0.2, 0) is 0 Å². The first kappa shape index (κ1) is 39.6. The Balaban J connectivity index is 0.000000231. The molecule has 42 heavy (non-hydrogen) atoms. The Labute approximate surface area is 302 Å². The summed E-state index contributed by atoms with van der Waals surface area (Å²) >= 11 is 0. The molecule has 0 aliphatic carbocycles. The molecule has 16 heteroatoms. The Hall–Kier alpha value is 1.46. The van der Waals surface area contributed by atoms with Crippen molar-refractivity contribution in [1.82, 2.24) is 0 Å². The smallest absolute Gasteiger partial charge is 0.0314 e.